The summed E-state index contributed by atoms with van der Waals surface area (Å²) in [5.74, 6) is 0.0176. The van der Waals surface area contributed by atoms with E-state index in [-0.39, 0.29) is 11.3 Å². The van der Waals surface area contributed by atoms with Crippen LogP contribution < -0.4 is 0 Å². The van der Waals surface area contributed by atoms with E-state index in [2.05, 4.69) is 11.1 Å². The number of likely N-dealkylation sites (tertiary alicyclic amines) is 2. The van der Waals surface area contributed by atoms with Crippen molar-refractivity contribution in [2.45, 2.75) is 12.8 Å². The summed E-state index contributed by atoms with van der Waals surface area (Å²) in [5, 5.41) is 18.2. The monoisotopic (exact) mass is 491 g/mol. The van der Waals surface area contributed by atoms with Crippen molar-refractivity contribution in [2.24, 2.45) is 5.41 Å². The van der Waals surface area contributed by atoms with E-state index in [0.717, 1.165) is 40.9 Å². The largest absolute Gasteiger partial charge is 0.465 e. The molecule has 2 aromatic carbocycles. The van der Waals surface area contributed by atoms with E-state index in [9.17, 15) is 9.59 Å². The summed E-state index contributed by atoms with van der Waals surface area (Å²) in [4.78, 5) is 32.0. The molecule has 2 aliphatic rings. The van der Waals surface area contributed by atoms with E-state index in [4.69, 9.17) is 10.4 Å². The number of amides is 2. The van der Waals surface area contributed by atoms with Crippen LogP contribution in [0.25, 0.3) is 28.0 Å². The summed E-state index contributed by atoms with van der Waals surface area (Å²) in [7, 11) is 0. The number of aromatic nitrogens is 2. The van der Waals surface area contributed by atoms with Crippen molar-refractivity contribution in [3.63, 3.8) is 0 Å². The number of benzene rings is 2. The second-order valence-corrected chi connectivity index (χ2v) is 9.99. The maximum absolute atomic E-state index is 13.1. The number of hydrogen-bond acceptors (Lipinski definition) is 4. The number of nitrogens with zero attached hydrogens (tertiary/aromatic N) is 5. The Morgan fingerprint density at radius 1 is 0.865 bits per heavy atom. The van der Waals surface area contributed by atoms with E-state index < -0.39 is 6.09 Å². The molecule has 0 atom stereocenters. The van der Waals surface area contributed by atoms with Crippen molar-refractivity contribution in [1.29, 1.82) is 5.26 Å². The first-order valence-electron chi connectivity index (χ1n) is 12.3. The number of rotatable bonds is 3. The summed E-state index contributed by atoms with van der Waals surface area (Å²) in [5.41, 5.74) is 6.06. The van der Waals surface area contributed by atoms with E-state index in [1.54, 1.807) is 12.1 Å². The molecule has 8 heteroatoms. The number of fused-ring (bicyclic) bond motifs is 1. The third kappa shape index (κ3) is 4.08. The minimum absolute atomic E-state index is 0.0176. The van der Waals surface area contributed by atoms with Crippen molar-refractivity contribution in [1.82, 2.24) is 19.2 Å². The van der Waals surface area contributed by atoms with Crippen LogP contribution in [0.3, 0.4) is 0 Å². The predicted octanol–water partition coefficient (Wildman–Crippen LogP) is 4.76. The Labute approximate surface area is 214 Å². The van der Waals surface area contributed by atoms with Crippen LogP contribution in [0.2, 0.25) is 0 Å². The highest BCUT2D eigenvalue weighted by atomic mass is 16.4. The smallest absolute Gasteiger partial charge is 0.407 e. The number of hydrogen-bond donors (Lipinski definition) is 1. The van der Waals surface area contributed by atoms with Crippen LogP contribution in [-0.2, 0) is 0 Å². The van der Waals surface area contributed by atoms with Gasteiger partial charge in [-0.15, -0.1) is 0 Å². The van der Waals surface area contributed by atoms with Gasteiger partial charge in [-0.1, -0.05) is 24.3 Å². The Bertz CT molecular complexity index is 1530. The molecule has 0 unspecified atom stereocenters. The van der Waals surface area contributed by atoms with Gasteiger partial charge < -0.3 is 14.9 Å². The topological polar surface area (TPSA) is 102 Å². The van der Waals surface area contributed by atoms with E-state index in [0.29, 0.717) is 37.3 Å². The van der Waals surface area contributed by atoms with Crippen LogP contribution in [0.1, 0.15) is 28.8 Å². The number of piperidine rings is 1. The fourth-order valence-electron chi connectivity index (χ4n) is 5.47. The lowest BCUT2D eigenvalue weighted by Gasteiger charge is -2.52. The van der Waals surface area contributed by atoms with Gasteiger partial charge in [-0.05, 0) is 60.4 Å². The molecule has 2 fully saturated rings. The molecule has 0 radical (unpaired) electrons. The van der Waals surface area contributed by atoms with Gasteiger partial charge in [-0.2, -0.15) is 5.26 Å². The van der Waals surface area contributed by atoms with Crippen molar-refractivity contribution in [3.8, 4) is 28.5 Å². The van der Waals surface area contributed by atoms with Crippen LogP contribution in [0.5, 0.6) is 0 Å². The highest BCUT2D eigenvalue weighted by Crippen LogP contribution is 2.40. The van der Waals surface area contributed by atoms with Gasteiger partial charge in [-0.25, -0.2) is 9.78 Å². The molecule has 0 aliphatic carbocycles. The molecular weight excluding hydrogens is 466 g/mol. The van der Waals surface area contributed by atoms with Crippen LogP contribution in [0.15, 0.2) is 73.1 Å². The van der Waals surface area contributed by atoms with E-state index in [1.165, 1.54) is 4.90 Å². The molecule has 37 heavy (non-hydrogen) atoms. The normalized spacial score (nSPS) is 16.4. The van der Waals surface area contributed by atoms with Crippen LogP contribution in [-0.4, -0.2) is 62.5 Å². The quantitative estimate of drug-likeness (QED) is 0.445. The summed E-state index contributed by atoms with van der Waals surface area (Å²) in [6, 6.07) is 21.3. The zero-order valence-corrected chi connectivity index (χ0v) is 20.2. The van der Waals surface area contributed by atoms with Gasteiger partial charge >= 0.3 is 6.09 Å². The SMILES string of the molecule is N#Cc1ccc(-c2cnc3ccc(-c4ccc(C(=O)N5CCC6(CC5)CN(C(=O)O)C6)cc4)cn23)cc1. The minimum Gasteiger partial charge on any atom is -0.465 e. The number of pyridine rings is 1. The van der Waals surface area contributed by atoms with Crippen LogP contribution in [0, 0.1) is 16.7 Å². The second kappa shape index (κ2) is 8.79. The van der Waals surface area contributed by atoms with E-state index >= 15 is 0 Å². The molecule has 1 N–H and O–H groups in total. The van der Waals surface area contributed by atoms with Gasteiger partial charge in [0.1, 0.15) is 5.65 Å². The molecule has 2 amide bonds. The molecule has 2 aromatic heterocycles. The minimum atomic E-state index is -0.859. The average Bonchev–Trinajstić information content (AvgIpc) is 3.35. The summed E-state index contributed by atoms with van der Waals surface area (Å²) < 4.78 is 2.03. The Morgan fingerprint density at radius 2 is 1.51 bits per heavy atom. The number of nitriles is 1. The lowest BCUT2D eigenvalue weighted by Crippen LogP contribution is -2.62. The second-order valence-electron chi connectivity index (χ2n) is 9.99. The van der Waals surface area contributed by atoms with Gasteiger partial charge in [-0.3, -0.25) is 9.20 Å². The molecule has 2 aliphatic heterocycles. The molecule has 2 saturated heterocycles. The molecule has 4 aromatic rings. The summed E-state index contributed by atoms with van der Waals surface area (Å²) in [6.07, 6.45) is 4.69. The highest BCUT2D eigenvalue weighted by molar-refractivity contribution is 5.94. The number of carbonyl (C=O) groups excluding carboxylic acids is 1. The summed E-state index contributed by atoms with van der Waals surface area (Å²) >= 11 is 0. The average molecular weight is 492 g/mol. The molecule has 1 spiro atoms. The van der Waals surface area contributed by atoms with Crippen molar-refractivity contribution in [3.05, 3.63) is 84.2 Å². The Morgan fingerprint density at radius 3 is 2.16 bits per heavy atom. The number of imidazole rings is 1. The Balaban J connectivity index is 1.17. The molecule has 8 nitrogen and oxygen atoms in total. The molecule has 4 heterocycles. The fraction of sp³-hybridized carbons (Fsp3) is 0.241. The van der Waals surface area contributed by atoms with Gasteiger partial charge in [0.05, 0.1) is 23.5 Å². The van der Waals surface area contributed by atoms with Crippen molar-refractivity contribution in [2.75, 3.05) is 26.2 Å². The lowest BCUT2D eigenvalue weighted by atomic mass is 9.72. The molecule has 184 valence electrons. The van der Waals surface area contributed by atoms with Gasteiger partial charge in [0.2, 0.25) is 0 Å². The van der Waals surface area contributed by atoms with Crippen molar-refractivity contribution >= 4 is 17.6 Å². The van der Waals surface area contributed by atoms with Crippen molar-refractivity contribution < 1.29 is 14.7 Å². The number of carboxylic acid groups (broad SMARTS) is 1. The Kier molecular flexibility index (Phi) is 5.41. The molecular formula is C29H25N5O3. The summed E-state index contributed by atoms with van der Waals surface area (Å²) in [6.45, 7) is 2.47. The first kappa shape index (κ1) is 22.8. The predicted molar refractivity (Wildman–Crippen MR) is 138 cm³/mol. The first-order chi connectivity index (χ1) is 17.9. The van der Waals surface area contributed by atoms with Gasteiger partial charge in [0.25, 0.3) is 5.91 Å². The zero-order chi connectivity index (χ0) is 25.6. The third-order valence-electron chi connectivity index (χ3n) is 7.71. The van der Waals surface area contributed by atoms with E-state index in [1.807, 2.05) is 70.2 Å². The highest BCUT2D eigenvalue weighted by Gasteiger charge is 2.47. The first-order valence-corrected chi connectivity index (χ1v) is 12.3. The third-order valence-corrected chi connectivity index (χ3v) is 7.71. The fourth-order valence-corrected chi connectivity index (χ4v) is 5.47. The lowest BCUT2D eigenvalue weighted by molar-refractivity contribution is -0.0299. The molecule has 0 bridgehead atoms. The maximum atomic E-state index is 13.1. The Hall–Kier alpha value is -4.64. The standard InChI is InChI=1S/C29H25N5O3/c30-15-20-1-3-22(4-2-20)25-16-31-26-10-9-24(17-34(25)26)21-5-7-23(8-6-21)27(35)32-13-11-29(12-14-32)18-33(19-29)28(36)37/h1-10,16-17H,11-14,18-19H2,(H,36,37). The van der Waals surface area contributed by atoms with Gasteiger partial charge in [0.15, 0.2) is 0 Å². The number of carbonyl (C=O) groups is 2. The molecule has 6 rings (SSSR count). The van der Waals surface area contributed by atoms with Crippen LogP contribution in [0.4, 0.5) is 4.79 Å². The van der Waals surface area contributed by atoms with Crippen LogP contribution >= 0.6 is 0 Å². The van der Waals surface area contributed by atoms with Gasteiger partial charge in [0, 0.05) is 48.9 Å². The maximum Gasteiger partial charge on any atom is 0.407 e. The molecule has 0 saturated carbocycles. The zero-order valence-electron chi connectivity index (χ0n) is 20.2.